The minimum Gasteiger partial charge on any atom is -0.311 e. The number of rotatable bonds is 5. The van der Waals surface area contributed by atoms with Crippen molar-refractivity contribution in [3.8, 4) is 5.69 Å². The van der Waals surface area contributed by atoms with E-state index in [1.165, 1.54) is 4.70 Å². The average Bonchev–Trinajstić information content (AvgIpc) is 3.06. The second kappa shape index (κ2) is 5.46. The van der Waals surface area contributed by atoms with Gasteiger partial charge in [-0.2, -0.15) is 0 Å². The number of hydrogen-bond acceptors (Lipinski definition) is 5. The summed E-state index contributed by atoms with van der Waals surface area (Å²) in [4.78, 5) is 4.29. The Morgan fingerprint density at radius 1 is 1.37 bits per heavy atom. The zero-order valence-electron chi connectivity index (χ0n) is 10.7. The van der Waals surface area contributed by atoms with Crippen LogP contribution in [0.2, 0.25) is 0 Å². The van der Waals surface area contributed by atoms with Crippen molar-refractivity contribution < 1.29 is 0 Å². The van der Waals surface area contributed by atoms with Gasteiger partial charge >= 0.3 is 0 Å². The molecule has 2 aromatic heterocycles. The molecule has 0 saturated heterocycles. The molecule has 0 spiro atoms. The molecule has 98 valence electrons. The van der Waals surface area contributed by atoms with E-state index in [-0.39, 0.29) is 0 Å². The van der Waals surface area contributed by atoms with Crippen molar-refractivity contribution in [2.75, 3.05) is 6.54 Å². The van der Waals surface area contributed by atoms with Gasteiger partial charge in [-0.3, -0.25) is 0 Å². The third kappa shape index (κ3) is 2.50. The summed E-state index contributed by atoms with van der Waals surface area (Å²) in [6, 6.07) is 6.15. The van der Waals surface area contributed by atoms with Gasteiger partial charge in [-0.1, -0.05) is 12.1 Å². The molecule has 0 bridgehead atoms. The molecule has 0 aliphatic rings. The van der Waals surface area contributed by atoms with E-state index in [1.807, 2.05) is 22.3 Å². The Morgan fingerprint density at radius 2 is 2.32 bits per heavy atom. The number of thiazole rings is 1. The SMILES string of the molecule is CCCNCc1cnnn1-c1ccc2ncsc2c1. The largest absolute Gasteiger partial charge is 0.311 e. The first-order valence-corrected chi connectivity index (χ1v) is 7.20. The number of fused-ring (bicyclic) bond motifs is 1. The monoisotopic (exact) mass is 273 g/mol. The lowest BCUT2D eigenvalue weighted by molar-refractivity contribution is 0.641. The molecule has 0 saturated carbocycles. The van der Waals surface area contributed by atoms with Crippen LogP contribution in [0.25, 0.3) is 15.9 Å². The lowest BCUT2D eigenvalue weighted by Crippen LogP contribution is -2.16. The number of nitrogens with zero attached hydrogens (tertiary/aromatic N) is 4. The van der Waals surface area contributed by atoms with Crippen molar-refractivity contribution in [2.45, 2.75) is 19.9 Å². The van der Waals surface area contributed by atoms with Gasteiger partial charge in [0.25, 0.3) is 0 Å². The van der Waals surface area contributed by atoms with Crippen LogP contribution in [0.1, 0.15) is 19.0 Å². The van der Waals surface area contributed by atoms with Crippen LogP contribution < -0.4 is 5.32 Å². The summed E-state index contributed by atoms with van der Waals surface area (Å²) >= 11 is 1.64. The van der Waals surface area contributed by atoms with Gasteiger partial charge in [-0.05, 0) is 31.2 Å². The summed E-state index contributed by atoms with van der Waals surface area (Å²) < 4.78 is 3.04. The molecule has 0 radical (unpaired) electrons. The highest BCUT2D eigenvalue weighted by Crippen LogP contribution is 2.21. The van der Waals surface area contributed by atoms with Gasteiger partial charge < -0.3 is 5.32 Å². The second-order valence-corrected chi connectivity index (χ2v) is 5.20. The third-order valence-electron chi connectivity index (χ3n) is 2.91. The fourth-order valence-electron chi connectivity index (χ4n) is 1.96. The van der Waals surface area contributed by atoms with Gasteiger partial charge in [-0.25, -0.2) is 9.67 Å². The first-order valence-electron chi connectivity index (χ1n) is 6.32. The molecule has 1 aromatic carbocycles. The molecule has 0 aliphatic carbocycles. The van der Waals surface area contributed by atoms with E-state index in [0.29, 0.717) is 0 Å². The predicted octanol–water partition coefficient (Wildman–Crippen LogP) is 2.38. The lowest BCUT2D eigenvalue weighted by atomic mass is 10.3. The molecule has 6 heteroatoms. The van der Waals surface area contributed by atoms with Gasteiger partial charge in [0.2, 0.25) is 0 Å². The maximum atomic E-state index is 4.29. The van der Waals surface area contributed by atoms with E-state index in [0.717, 1.165) is 36.4 Å². The summed E-state index contributed by atoms with van der Waals surface area (Å²) in [5, 5.41) is 11.5. The Hall–Kier alpha value is -1.79. The van der Waals surface area contributed by atoms with Crippen LogP contribution in [-0.2, 0) is 6.54 Å². The number of nitrogens with one attached hydrogen (secondary N) is 1. The minimum atomic E-state index is 0.779. The van der Waals surface area contributed by atoms with Crippen LogP contribution in [0.3, 0.4) is 0 Å². The van der Waals surface area contributed by atoms with Crippen molar-refractivity contribution in [3.63, 3.8) is 0 Å². The summed E-state index contributed by atoms with van der Waals surface area (Å²) in [6.45, 7) is 3.93. The van der Waals surface area contributed by atoms with Crippen molar-refractivity contribution in [2.24, 2.45) is 0 Å². The van der Waals surface area contributed by atoms with Gasteiger partial charge in [-0.15, -0.1) is 16.4 Å². The molecule has 19 heavy (non-hydrogen) atoms. The molecule has 0 fully saturated rings. The molecule has 0 amide bonds. The number of aromatic nitrogens is 4. The molecular formula is C13H15N5S. The Balaban J connectivity index is 1.90. The molecule has 0 unspecified atom stereocenters. The molecule has 2 heterocycles. The number of hydrogen-bond donors (Lipinski definition) is 1. The van der Waals surface area contributed by atoms with Crippen LogP contribution in [0.4, 0.5) is 0 Å². The zero-order chi connectivity index (χ0) is 13.1. The fourth-order valence-corrected chi connectivity index (χ4v) is 2.67. The van der Waals surface area contributed by atoms with Crippen molar-refractivity contribution in [1.29, 1.82) is 0 Å². The van der Waals surface area contributed by atoms with E-state index >= 15 is 0 Å². The molecular weight excluding hydrogens is 258 g/mol. The van der Waals surface area contributed by atoms with Crippen molar-refractivity contribution in [1.82, 2.24) is 25.3 Å². The quantitative estimate of drug-likeness (QED) is 0.725. The van der Waals surface area contributed by atoms with E-state index < -0.39 is 0 Å². The Bertz CT molecular complexity index is 672. The highest BCUT2D eigenvalue weighted by atomic mass is 32.1. The standard InChI is InChI=1S/C13H15N5S/c1-2-5-14-7-11-8-16-17-18(11)10-3-4-12-13(6-10)19-9-15-12/h3-4,6,8-9,14H,2,5,7H2,1H3. The van der Waals surface area contributed by atoms with Crippen molar-refractivity contribution >= 4 is 21.6 Å². The summed E-state index contributed by atoms with van der Waals surface area (Å²) in [6.07, 6.45) is 2.92. The molecule has 0 atom stereocenters. The van der Waals surface area contributed by atoms with E-state index in [9.17, 15) is 0 Å². The number of benzene rings is 1. The van der Waals surface area contributed by atoms with Crippen LogP contribution in [0.15, 0.2) is 29.9 Å². The molecule has 3 rings (SSSR count). The maximum absolute atomic E-state index is 4.29. The zero-order valence-corrected chi connectivity index (χ0v) is 11.5. The fraction of sp³-hybridized carbons (Fsp3) is 0.308. The molecule has 0 aliphatic heterocycles. The summed E-state index contributed by atoms with van der Waals surface area (Å²) in [7, 11) is 0. The first-order chi connectivity index (χ1) is 9.38. The van der Waals surface area contributed by atoms with Gasteiger partial charge in [0.05, 0.1) is 33.3 Å². The van der Waals surface area contributed by atoms with Gasteiger partial charge in [0, 0.05) is 6.54 Å². The molecule has 1 N–H and O–H groups in total. The average molecular weight is 273 g/mol. The normalized spacial score (nSPS) is 11.2. The first kappa shape index (κ1) is 12.3. The topological polar surface area (TPSA) is 55.6 Å². The van der Waals surface area contributed by atoms with Crippen LogP contribution >= 0.6 is 11.3 Å². The Labute approximate surface area is 115 Å². The highest BCUT2D eigenvalue weighted by Gasteiger charge is 2.07. The van der Waals surface area contributed by atoms with E-state index in [4.69, 9.17) is 0 Å². The minimum absolute atomic E-state index is 0.779. The summed E-state index contributed by atoms with van der Waals surface area (Å²) in [5.74, 6) is 0. The highest BCUT2D eigenvalue weighted by molar-refractivity contribution is 7.16. The van der Waals surface area contributed by atoms with Crippen LogP contribution in [-0.4, -0.2) is 26.5 Å². The van der Waals surface area contributed by atoms with Crippen molar-refractivity contribution in [3.05, 3.63) is 35.6 Å². The van der Waals surface area contributed by atoms with Crippen LogP contribution in [0, 0.1) is 0 Å². The third-order valence-corrected chi connectivity index (χ3v) is 3.70. The van der Waals surface area contributed by atoms with Gasteiger partial charge in [0.15, 0.2) is 0 Å². The summed E-state index contributed by atoms with van der Waals surface area (Å²) in [5.41, 5.74) is 4.99. The Morgan fingerprint density at radius 3 is 3.21 bits per heavy atom. The van der Waals surface area contributed by atoms with E-state index in [2.05, 4.69) is 33.6 Å². The maximum Gasteiger partial charge on any atom is 0.0813 e. The molecule has 3 aromatic rings. The second-order valence-electron chi connectivity index (χ2n) is 4.32. The smallest absolute Gasteiger partial charge is 0.0813 e. The predicted molar refractivity (Wildman–Crippen MR) is 76.5 cm³/mol. The Kier molecular flexibility index (Phi) is 3.52. The molecule has 5 nitrogen and oxygen atoms in total. The van der Waals surface area contributed by atoms with Crippen LogP contribution in [0.5, 0.6) is 0 Å². The van der Waals surface area contributed by atoms with E-state index in [1.54, 1.807) is 17.5 Å². The lowest BCUT2D eigenvalue weighted by Gasteiger charge is -2.06. The van der Waals surface area contributed by atoms with Gasteiger partial charge in [0.1, 0.15) is 0 Å².